The lowest BCUT2D eigenvalue weighted by Crippen LogP contribution is -2.03. The highest BCUT2D eigenvalue weighted by atomic mass is 79.9. The van der Waals surface area contributed by atoms with Crippen molar-refractivity contribution in [2.75, 3.05) is 0 Å². The molecular formula is C15H14BrFO. The summed E-state index contributed by atoms with van der Waals surface area (Å²) in [6.45, 7) is 3.63. The molecule has 0 amide bonds. The molecule has 0 saturated carbocycles. The van der Waals surface area contributed by atoms with Crippen molar-refractivity contribution in [2.24, 2.45) is 0 Å². The molecule has 2 aromatic rings. The van der Waals surface area contributed by atoms with Crippen molar-refractivity contribution in [1.29, 1.82) is 0 Å². The van der Waals surface area contributed by atoms with Crippen molar-refractivity contribution in [3.63, 3.8) is 0 Å². The third kappa shape index (κ3) is 2.47. The van der Waals surface area contributed by atoms with Crippen LogP contribution in [0.5, 0.6) is 0 Å². The van der Waals surface area contributed by atoms with E-state index in [4.69, 9.17) is 0 Å². The van der Waals surface area contributed by atoms with Crippen LogP contribution in [0.2, 0.25) is 0 Å². The average molecular weight is 309 g/mol. The van der Waals surface area contributed by atoms with E-state index in [-0.39, 0.29) is 5.82 Å². The van der Waals surface area contributed by atoms with E-state index in [2.05, 4.69) is 15.9 Å². The van der Waals surface area contributed by atoms with E-state index in [1.165, 1.54) is 6.07 Å². The summed E-state index contributed by atoms with van der Waals surface area (Å²) in [7, 11) is 0. The Kier molecular flexibility index (Phi) is 3.83. The second-order valence-electron chi connectivity index (χ2n) is 4.37. The van der Waals surface area contributed by atoms with Gasteiger partial charge in [0.1, 0.15) is 11.9 Å². The van der Waals surface area contributed by atoms with Gasteiger partial charge in [0.15, 0.2) is 0 Å². The van der Waals surface area contributed by atoms with Crippen LogP contribution >= 0.6 is 15.9 Å². The molecule has 0 aromatic heterocycles. The van der Waals surface area contributed by atoms with Gasteiger partial charge < -0.3 is 5.11 Å². The van der Waals surface area contributed by atoms with Crippen molar-refractivity contribution in [3.8, 4) is 0 Å². The summed E-state index contributed by atoms with van der Waals surface area (Å²) < 4.78 is 14.5. The van der Waals surface area contributed by atoms with E-state index in [1.54, 1.807) is 19.1 Å². The fraction of sp³-hybridized carbons (Fsp3) is 0.200. The standard InChI is InChI=1S/C15H14BrFO/c1-9-6-7-11(8-14(9)17)15(18)12-4-3-5-13(16)10(12)2/h3-8,15,18H,1-2H3. The van der Waals surface area contributed by atoms with Crippen molar-refractivity contribution in [3.05, 3.63) is 68.9 Å². The van der Waals surface area contributed by atoms with Crippen LogP contribution in [0.15, 0.2) is 40.9 Å². The van der Waals surface area contributed by atoms with Crippen LogP contribution in [-0.4, -0.2) is 5.11 Å². The molecule has 0 aliphatic heterocycles. The van der Waals surface area contributed by atoms with Crippen molar-refractivity contribution in [1.82, 2.24) is 0 Å². The summed E-state index contributed by atoms with van der Waals surface area (Å²) in [6, 6.07) is 10.5. The molecule has 0 aliphatic carbocycles. The van der Waals surface area contributed by atoms with Crippen molar-refractivity contribution >= 4 is 15.9 Å². The van der Waals surface area contributed by atoms with Gasteiger partial charge in [-0.1, -0.05) is 40.2 Å². The van der Waals surface area contributed by atoms with Gasteiger partial charge in [0.2, 0.25) is 0 Å². The second kappa shape index (κ2) is 5.21. The van der Waals surface area contributed by atoms with Crippen LogP contribution in [-0.2, 0) is 0 Å². The van der Waals surface area contributed by atoms with E-state index < -0.39 is 6.10 Å². The van der Waals surface area contributed by atoms with Gasteiger partial charge in [0.25, 0.3) is 0 Å². The quantitative estimate of drug-likeness (QED) is 0.877. The lowest BCUT2D eigenvalue weighted by molar-refractivity contribution is 0.219. The number of halogens is 2. The smallest absolute Gasteiger partial charge is 0.126 e. The molecule has 3 heteroatoms. The number of hydrogen-bond donors (Lipinski definition) is 1. The maximum absolute atomic E-state index is 13.5. The highest BCUT2D eigenvalue weighted by molar-refractivity contribution is 9.10. The number of benzene rings is 2. The maximum atomic E-state index is 13.5. The van der Waals surface area contributed by atoms with Crippen LogP contribution in [0.25, 0.3) is 0 Å². The second-order valence-corrected chi connectivity index (χ2v) is 5.22. The molecule has 1 atom stereocenters. The molecule has 94 valence electrons. The minimum absolute atomic E-state index is 0.292. The molecule has 0 heterocycles. The minimum atomic E-state index is -0.808. The third-order valence-electron chi connectivity index (χ3n) is 3.12. The Bertz CT molecular complexity index is 581. The van der Waals surface area contributed by atoms with Crippen LogP contribution in [0.3, 0.4) is 0 Å². The summed E-state index contributed by atoms with van der Waals surface area (Å²) in [5.74, 6) is -0.292. The van der Waals surface area contributed by atoms with Gasteiger partial charge in [-0.3, -0.25) is 0 Å². The normalized spacial score (nSPS) is 12.5. The summed E-state index contributed by atoms with van der Waals surface area (Å²) in [4.78, 5) is 0. The Hall–Kier alpha value is -1.19. The molecule has 2 aromatic carbocycles. The fourth-order valence-electron chi connectivity index (χ4n) is 1.88. The zero-order valence-electron chi connectivity index (χ0n) is 10.2. The molecule has 18 heavy (non-hydrogen) atoms. The van der Waals surface area contributed by atoms with Crippen molar-refractivity contribution < 1.29 is 9.50 Å². The van der Waals surface area contributed by atoms with Crippen LogP contribution in [0, 0.1) is 19.7 Å². The monoisotopic (exact) mass is 308 g/mol. The molecule has 0 saturated heterocycles. The van der Waals surface area contributed by atoms with Crippen LogP contribution in [0.4, 0.5) is 4.39 Å². The molecule has 0 radical (unpaired) electrons. The molecule has 1 nitrogen and oxygen atoms in total. The number of rotatable bonds is 2. The summed E-state index contributed by atoms with van der Waals surface area (Å²) in [5, 5.41) is 10.3. The van der Waals surface area contributed by atoms with Crippen molar-refractivity contribution in [2.45, 2.75) is 20.0 Å². The summed E-state index contributed by atoms with van der Waals surface area (Å²) >= 11 is 3.43. The van der Waals surface area contributed by atoms with E-state index >= 15 is 0 Å². The van der Waals surface area contributed by atoms with Crippen LogP contribution < -0.4 is 0 Å². The first-order chi connectivity index (χ1) is 8.50. The van der Waals surface area contributed by atoms with E-state index in [1.807, 2.05) is 25.1 Å². The van der Waals surface area contributed by atoms with Gasteiger partial charge in [-0.05, 0) is 48.2 Å². The SMILES string of the molecule is Cc1ccc(C(O)c2cccc(Br)c2C)cc1F. The molecular weight excluding hydrogens is 295 g/mol. The first-order valence-electron chi connectivity index (χ1n) is 5.70. The maximum Gasteiger partial charge on any atom is 0.126 e. The summed E-state index contributed by atoms with van der Waals surface area (Å²) in [5.41, 5.74) is 2.90. The number of aliphatic hydroxyl groups is 1. The number of aryl methyl sites for hydroxylation is 1. The zero-order chi connectivity index (χ0) is 13.3. The molecule has 0 fully saturated rings. The molecule has 1 N–H and O–H groups in total. The molecule has 0 bridgehead atoms. The van der Waals surface area contributed by atoms with Gasteiger partial charge in [-0.25, -0.2) is 4.39 Å². The van der Waals surface area contributed by atoms with E-state index in [0.717, 1.165) is 15.6 Å². The number of aliphatic hydroxyl groups excluding tert-OH is 1. The van der Waals surface area contributed by atoms with Gasteiger partial charge in [-0.2, -0.15) is 0 Å². The van der Waals surface area contributed by atoms with E-state index in [0.29, 0.717) is 11.1 Å². The molecule has 0 spiro atoms. The Morgan fingerprint density at radius 3 is 2.56 bits per heavy atom. The third-order valence-corrected chi connectivity index (χ3v) is 3.97. The van der Waals surface area contributed by atoms with E-state index in [9.17, 15) is 9.50 Å². The van der Waals surface area contributed by atoms with Gasteiger partial charge in [0.05, 0.1) is 0 Å². The highest BCUT2D eigenvalue weighted by Gasteiger charge is 2.15. The Morgan fingerprint density at radius 2 is 1.89 bits per heavy atom. The van der Waals surface area contributed by atoms with Gasteiger partial charge in [0, 0.05) is 4.47 Å². The zero-order valence-corrected chi connectivity index (χ0v) is 11.8. The molecule has 1 unspecified atom stereocenters. The predicted octanol–water partition coefficient (Wildman–Crippen LogP) is 4.29. The average Bonchev–Trinajstić information content (AvgIpc) is 2.35. The van der Waals surface area contributed by atoms with Gasteiger partial charge >= 0.3 is 0 Å². The predicted molar refractivity (Wildman–Crippen MR) is 74.1 cm³/mol. The topological polar surface area (TPSA) is 20.2 Å². The molecule has 0 aliphatic rings. The Morgan fingerprint density at radius 1 is 1.17 bits per heavy atom. The Labute approximate surface area is 114 Å². The highest BCUT2D eigenvalue weighted by Crippen LogP contribution is 2.29. The lowest BCUT2D eigenvalue weighted by Gasteiger charge is -2.15. The number of hydrogen-bond acceptors (Lipinski definition) is 1. The first kappa shape index (κ1) is 13.2. The minimum Gasteiger partial charge on any atom is -0.384 e. The lowest BCUT2D eigenvalue weighted by atomic mass is 9.97. The fourth-order valence-corrected chi connectivity index (χ4v) is 2.26. The Balaban J connectivity index is 2.44. The largest absolute Gasteiger partial charge is 0.384 e. The summed E-state index contributed by atoms with van der Waals surface area (Å²) in [6.07, 6.45) is -0.808. The first-order valence-corrected chi connectivity index (χ1v) is 6.49. The molecule has 2 rings (SSSR count). The van der Waals surface area contributed by atoms with Crippen LogP contribution in [0.1, 0.15) is 28.4 Å². The van der Waals surface area contributed by atoms with Gasteiger partial charge in [-0.15, -0.1) is 0 Å².